The van der Waals surface area contributed by atoms with Gasteiger partial charge in [-0.2, -0.15) is 14.9 Å². The molecule has 0 amide bonds. The quantitative estimate of drug-likeness (QED) is 0.630. The minimum absolute atomic E-state index is 0.213. The summed E-state index contributed by atoms with van der Waals surface area (Å²) < 4.78 is 13.0. The van der Waals surface area contributed by atoms with Gasteiger partial charge in [0.15, 0.2) is 11.5 Å². The molecule has 1 atom stereocenters. The molecule has 2 aliphatic heterocycles. The SMILES string of the molecule is C[C@@H]1COCCN1c1cc(C2(O)CCC3(CCOCC3)CC2)c2cnn(-c3cc[nH]n3)c2n1. The van der Waals surface area contributed by atoms with Crippen LogP contribution < -0.4 is 4.90 Å². The van der Waals surface area contributed by atoms with Gasteiger partial charge in [0, 0.05) is 37.4 Å². The molecule has 2 saturated heterocycles. The number of nitrogens with zero attached hydrogens (tertiary/aromatic N) is 5. The molecule has 0 aromatic carbocycles. The molecule has 1 spiro atoms. The van der Waals surface area contributed by atoms with E-state index in [0.29, 0.717) is 24.4 Å². The van der Waals surface area contributed by atoms with Crippen LogP contribution in [0.25, 0.3) is 16.9 Å². The number of aromatic nitrogens is 5. The van der Waals surface area contributed by atoms with Crippen molar-refractivity contribution in [3.05, 3.63) is 30.1 Å². The Labute approximate surface area is 193 Å². The Bertz CT molecular complexity index is 1110. The van der Waals surface area contributed by atoms with Gasteiger partial charge in [-0.25, -0.2) is 4.98 Å². The molecule has 3 fully saturated rings. The van der Waals surface area contributed by atoms with Crippen LogP contribution in [0.2, 0.25) is 0 Å². The van der Waals surface area contributed by atoms with Crippen molar-refractivity contribution in [1.29, 1.82) is 0 Å². The molecule has 2 N–H and O–H groups in total. The summed E-state index contributed by atoms with van der Waals surface area (Å²) in [5, 5.41) is 24.7. The van der Waals surface area contributed by atoms with E-state index in [-0.39, 0.29) is 6.04 Å². The first-order valence-corrected chi connectivity index (χ1v) is 12.1. The van der Waals surface area contributed by atoms with Crippen molar-refractivity contribution in [3.8, 4) is 5.82 Å². The van der Waals surface area contributed by atoms with Crippen LogP contribution >= 0.6 is 0 Å². The van der Waals surface area contributed by atoms with Crippen molar-refractivity contribution in [3.63, 3.8) is 0 Å². The van der Waals surface area contributed by atoms with E-state index in [1.807, 2.05) is 12.3 Å². The molecule has 9 heteroatoms. The van der Waals surface area contributed by atoms with Gasteiger partial charge in [0.05, 0.1) is 31.1 Å². The van der Waals surface area contributed by atoms with Crippen molar-refractivity contribution < 1.29 is 14.6 Å². The molecule has 3 aromatic rings. The summed E-state index contributed by atoms with van der Waals surface area (Å²) in [5.41, 5.74) is 1.09. The summed E-state index contributed by atoms with van der Waals surface area (Å²) >= 11 is 0. The second-order valence-corrected chi connectivity index (χ2v) is 10.0. The molecule has 3 aromatic heterocycles. The molecular weight excluding hydrogens is 420 g/mol. The third-order valence-corrected chi connectivity index (χ3v) is 8.09. The van der Waals surface area contributed by atoms with Gasteiger partial charge in [-0.3, -0.25) is 5.10 Å². The van der Waals surface area contributed by atoms with Crippen LogP contribution in [0.15, 0.2) is 24.5 Å². The minimum Gasteiger partial charge on any atom is -0.385 e. The molecule has 0 bridgehead atoms. The van der Waals surface area contributed by atoms with E-state index in [1.54, 1.807) is 10.9 Å². The topological polar surface area (TPSA) is 101 Å². The number of H-pyrrole nitrogens is 1. The van der Waals surface area contributed by atoms with Gasteiger partial charge in [-0.1, -0.05) is 0 Å². The lowest BCUT2D eigenvalue weighted by atomic mass is 9.63. The summed E-state index contributed by atoms with van der Waals surface area (Å²) in [6.07, 6.45) is 9.34. The summed E-state index contributed by atoms with van der Waals surface area (Å²) in [5.74, 6) is 1.55. The molecule has 5 heterocycles. The number of aromatic amines is 1. The van der Waals surface area contributed by atoms with E-state index in [2.05, 4.69) is 33.2 Å². The fourth-order valence-electron chi connectivity index (χ4n) is 5.89. The van der Waals surface area contributed by atoms with Gasteiger partial charge in [0.25, 0.3) is 0 Å². The zero-order valence-corrected chi connectivity index (χ0v) is 19.2. The number of rotatable bonds is 3. The molecule has 3 aliphatic rings. The van der Waals surface area contributed by atoms with Crippen LogP contribution in [-0.4, -0.2) is 69.1 Å². The van der Waals surface area contributed by atoms with Crippen LogP contribution in [0.4, 0.5) is 5.82 Å². The third kappa shape index (κ3) is 3.62. The number of anilines is 1. The van der Waals surface area contributed by atoms with Crippen LogP contribution in [0.5, 0.6) is 0 Å². The standard InChI is InChI=1S/C24H32N6O3/c1-17-16-33-13-10-29(17)21-14-19(18-15-26-30(22(18)27-21)20-2-9-25-28-20)24(31)5-3-23(4-6-24)7-11-32-12-8-23/h2,9,14-15,17,31H,3-8,10-13,16H2,1H3,(H,25,28)/t17-/m1/s1. The predicted molar refractivity (Wildman–Crippen MR) is 123 cm³/mol. The van der Waals surface area contributed by atoms with Gasteiger partial charge in [-0.05, 0) is 62.5 Å². The largest absolute Gasteiger partial charge is 0.385 e. The van der Waals surface area contributed by atoms with Crippen LogP contribution in [-0.2, 0) is 15.1 Å². The second kappa shape index (κ2) is 8.07. The highest BCUT2D eigenvalue weighted by Crippen LogP contribution is 2.51. The maximum atomic E-state index is 12.0. The van der Waals surface area contributed by atoms with Crippen molar-refractivity contribution in [2.24, 2.45) is 5.41 Å². The van der Waals surface area contributed by atoms with Crippen molar-refractivity contribution >= 4 is 16.9 Å². The number of hydrogen-bond donors (Lipinski definition) is 2. The van der Waals surface area contributed by atoms with Crippen molar-refractivity contribution in [2.75, 3.05) is 37.9 Å². The van der Waals surface area contributed by atoms with Gasteiger partial charge >= 0.3 is 0 Å². The summed E-state index contributed by atoms with van der Waals surface area (Å²) in [6, 6.07) is 4.19. The Morgan fingerprint density at radius 1 is 1.06 bits per heavy atom. The normalized spacial score (nSPS) is 25.0. The van der Waals surface area contributed by atoms with E-state index in [0.717, 1.165) is 80.7 Å². The van der Waals surface area contributed by atoms with E-state index in [1.165, 1.54) is 0 Å². The fraction of sp³-hybridized carbons (Fsp3) is 0.625. The number of pyridine rings is 1. The number of hydrogen-bond acceptors (Lipinski definition) is 7. The lowest BCUT2D eigenvalue weighted by Crippen LogP contribution is -2.44. The number of morpholine rings is 1. The van der Waals surface area contributed by atoms with Gasteiger partial charge in [0.1, 0.15) is 5.82 Å². The first-order valence-electron chi connectivity index (χ1n) is 12.1. The van der Waals surface area contributed by atoms with Crippen molar-refractivity contribution in [2.45, 2.75) is 57.1 Å². The minimum atomic E-state index is -0.894. The first-order chi connectivity index (χ1) is 16.1. The molecule has 0 radical (unpaired) electrons. The molecule has 9 nitrogen and oxygen atoms in total. The van der Waals surface area contributed by atoms with E-state index in [9.17, 15) is 5.11 Å². The molecule has 176 valence electrons. The maximum absolute atomic E-state index is 12.0. The van der Waals surface area contributed by atoms with Crippen LogP contribution in [0, 0.1) is 5.41 Å². The number of fused-ring (bicyclic) bond motifs is 1. The fourth-order valence-corrected chi connectivity index (χ4v) is 5.89. The average molecular weight is 453 g/mol. The Morgan fingerprint density at radius 2 is 1.88 bits per heavy atom. The molecule has 0 unspecified atom stereocenters. The average Bonchev–Trinajstić information content (AvgIpc) is 3.51. The lowest BCUT2D eigenvalue weighted by Gasteiger charge is -2.46. The monoisotopic (exact) mass is 452 g/mol. The maximum Gasteiger partial charge on any atom is 0.177 e. The first kappa shape index (κ1) is 21.1. The Hall–Kier alpha value is -2.49. The second-order valence-electron chi connectivity index (χ2n) is 10.0. The third-order valence-electron chi connectivity index (χ3n) is 8.09. The van der Waals surface area contributed by atoms with Crippen LogP contribution in [0.3, 0.4) is 0 Å². The van der Waals surface area contributed by atoms with Crippen molar-refractivity contribution in [1.82, 2.24) is 25.0 Å². The molecule has 33 heavy (non-hydrogen) atoms. The van der Waals surface area contributed by atoms with Gasteiger partial charge in [-0.15, -0.1) is 0 Å². The number of nitrogens with one attached hydrogen (secondary N) is 1. The predicted octanol–water partition coefficient (Wildman–Crippen LogP) is 2.93. The molecular formula is C24H32N6O3. The Kier molecular flexibility index (Phi) is 5.15. The Morgan fingerprint density at radius 3 is 2.61 bits per heavy atom. The zero-order valence-electron chi connectivity index (χ0n) is 19.2. The summed E-state index contributed by atoms with van der Waals surface area (Å²) in [7, 11) is 0. The molecule has 1 saturated carbocycles. The van der Waals surface area contributed by atoms with Gasteiger partial charge < -0.3 is 19.5 Å². The number of ether oxygens (including phenoxy) is 2. The van der Waals surface area contributed by atoms with Gasteiger partial charge in [0.2, 0.25) is 0 Å². The van der Waals surface area contributed by atoms with Crippen LogP contribution in [0.1, 0.15) is 51.0 Å². The molecule has 6 rings (SSSR count). The highest BCUT2D eigenvalue weighted by Gasteiger charge is 2.44. The highest BCUT2D eigenvalue weighted by atomic mass is 16.5. The summed E-state index contributed by atoms with van der Waals surface area (Å²) in [6.45, 7) is 5.95. The summed E-state index contributed by atoms with van der Waals surface area (Å²) in [4.78, 5) is 7.30. The Balaban J connectivity index is 1.44. The molecule has 1 aliphatic carbocycles. The van der Waals surface area contributed by atoms with E-state index in [4.69, 9.17) is 14.5 Å². The zero-order chi connectivity index (χ0) is 22.5. The lowest BCUT2D eigenvalue weighted by molar-refractivity contribution is -0.0740. The number of aliphatic hydroxyl groups is 1. The highest BCUT2D eigenvalue weighted by molar-refractivity contribution is 5.83. The van der Waals surface area contributed by atoms with E-state index < -0.39 is 5.60 Å². The van der Waals surface area contributed by atoms with E-state index >= 15 is 0 Å². The smallest absolute Gasteiger partial charge is 0.177 e.